The molecule has 0 bridgehead atoms. The first kappa shape index (κ1) is 18.7. The predicted octanol–water partition coefficient (Wildman–Crippen LogP) is 4.44. The molecule has 4 heteroatoms. The van der Waals surface area contributed by atoms with Crippen molar-refractivity contribution < 1.29 is 14.8 Å². The summed E-state index contributed by atoms with van der Waals surface area (Å²) in [6, 6.07) is 8.66. The SMILES string of the molecule is CCCCCCC#Cc1ccc(C=O)c2c(C(=O)N(C)O)cccc12. The molecule has 0 fully saturated rings. The summed E-state index contributed by atoms with van der Waals surface area (Å²) in [6.45, 7) is 2.18. The number of unbranched alkanes of at least 4 members (excludes halogenated alkanes) is 4. The second kappa shape index (κ2) is 9.00. The molecule has 0 aliphatic heterocycles. The Labute approximate surface area is 148 Å². The molecule has 2 aromatic rings. The Kier molecular flexibility index (Phi) is 6.73. The molecule has 2 aromatic carbocycles. The zero-order valence-corrected chi connectivity index (χ0v) is 14.7. The minimum atomic E-state index is -0.557. The summed E-state index contributed by atoms with van der Waals surface area (Å²) in [5.41, 5.74) is 1.48. The monoisotopic (exact) mass is 337 g/mol. The second-order valence-electron chi connectivity index (χ2n) is 5.99. The van der Waals surface area contributed by atoms with Crippen LogP contribution in [0.2, 0.25) is 0 Å². The van der Waals surface area contributed by atoms with Gasteiger partial charge in [0, 0.05) is 30.0 Å². The average molecular weight is 337 g/mol. The van der Waals surface area contributed by atoms with E-state index in [0.717, 1.165) is 30.1 Å². The van der Waals surface area contributed by atoms with E-state index in [9.17, 15) is 14.8 Å². The van der Waals surface area contributed by atoms with Crippen LogP contribution in [0.15, 0.2) is 30.3 Å². The molecule has 130 valence electrons. The van der Waals surface area contributed by atoms with Gasteiger partial charge in [-0.05, 0) is 30.0 Å². The molecule has 0 atom stereocenters. The molecule has 1 amide bonds. The summed E-state index contributed by atoms with van der Waals surface area (Å²) >= 11 is 0. The molecule has 4 nitrogen and oxygen atoms in total. The molecule has 0 aliphatic carbocycles. The van der Waals surface area contributed by atoms with Crippen LogP contribution in [-0.4, -0.2) is 29.5 Å². The highest BCUT2D eigenvalue weighted by Crippen LogP contribution is 2.26. The number of hydrogen-bond acceptors (Lipinski definition) is 3. The van der Waals surface area contributed by atoms with Gasteiger partial charge >= 0.3 is 0 Å². The van der Waals surface area contributed by atoms with E-state index >= 15 is 0 Å². The van der Waals surface area contributed by atoms with E-state index in [0.29, 0.717) is 16.0 Å². The van der Waals surface area contributed by atoms with Gasteiger partial charge in [0.05, 0.1) is 5.56 Å². The average Bonchev–Trinajstić information content (AvgIpc) is 2.63. The van der Waals surface area contributed by atoms with Crippen molar-refractivity contribution in [1.29, 1.82) is 0 Å². The van der Waals surface area contributed by atoms with E-state index in [1.807, 2.05) is 12.1 Å². The Morgan fingerprint density at radius 3 is 2.68 bits per heavy atom. The largest absolute Gasteiger partial charge is 0.298 e. The van der Waals surface area contributed by atoms with Crippen LogP contribution in [-0.2, 0) is 0 Å². The first-order chi connectivity index (χ1) is 12.1. The van der Waals surface area contributed by atoms with Gasteiger partial charge in [-0.25, -0.2) is 5.06 Å². The summed E-state index contributed by atoms with van der Waals surface area (Å²) in [7, 11) is 1.27. The minimum Gasteiger partial charge on any atom is -0.298 e. The number of hydrogen-bond donors (Lipinski definition) is 1. The molecule has 0 radical (unpaired) electrons. The lowest BCUT2D eigenvalue weighted by atomic mass is 9.95. The van der Waals surface area contributed by atoms with Gasteiger partial charge in [0.1, 0.15) is 0 Å². The van der Waals surface area contributed by atoms with Crippen molar-refractivity contribution >= 4 is 23.0 Å². The Bertz CT molecular complexity index is 828. The van der Waals surface area contributed by atoms with Crippen molar-refractivity contribution in [3.05, 3.63) is 47.0 Å². The zero-order chi connectivity index (χ0) is 18.2. The number of carbonyl (C=O) groups is 2. The van der Waals surface area contributed by atoms with Gasteiger partial charge in [0.2, 0.25) is 0 Å². The fourth-order valence-corrected chi connectivity index (χ4v) is 2.79. The standard InChI is InChI=1S/C21H23NO3/c1-3-4-5-6-7-8-10-16-13-14-17(15-23)20-18(16)11-9-12-19(20)21(24)22(2)25/h9,11-15,25H,3-7H2,1-2H3. The molecule has 25 heavy (non-hydrogen) atoms. The van der Waals surface area contributed by atoms with Crippen molar-refractivity contribution in [2.75, 3.05) is 7.05 Å². The normalized spacial score (nSPS) is 10.2. The third kappa shape index (κ3) is 4.46. The van der Waals surface area contributed by atoms with E-state index in [2.05, 4.69) is 18.8 Å². The van der Waals surface area contributed by atoms with Gasteiger partial charge in [0.15, 0.2) is 6.29 Å². The number of amides is 1. The fraction of sp³-hybridized carbons (Fsp3) is 0.333. The topological polar surface area (TPSA) is 57.6 Å². The van der Waals surface area contributed by atoms with Gasteiger partial charge in [0.25, 0.3) is 5.91 Å². The van der Waals surface area contributed by atoms with Crippen molar-refractivity contribution in [3.8, 4) is 11.8 Å². The van der Waals surface area contributed by atoms with Gasteiger partial charge in [-0.2, -0.15) is 0 Å². The van der Waals surface area contributed by atoms with Crippen molar-refractivity contribution in [1.82, 2.24) is 5.06 Å². The fourth-order valence-electron chi connectivity index (χ4n) is 2.79. The molecule has 0 aliphatic rings. The van der Waals surface area contributed by atoms with Gasteiger partial charge < -0.3 is 0 Å². The Hall–Kier alpha value is -2.64. The minimum absolute atomic E-state index is 0.288. The number of benzene rings is 2. The van der Waals surface area contributed by atoms with Gasteiger partial charge in [-0.3, -0.25) is 14.8 Å². The number of nitrogens with zero attached hydrogens (tertiary/aromatic N) is 1. The van der Waals surface area contributed by atoms with Crippen LogP contribution in [0.3, 0.4) is 0 Å². The van der Waals surface area contributed by atoms with Gasteiger partial charge in [-0.1, -0.05) is 50.2 Å². The molecule has 0 unspecified atom stereocenters. The summed E-state index contributed by atoms with van der Waals surface area (Å²) in [6.07, 6.45) is 6.22. The maximum Gasteiger partial charge on any atom is 0.277 e. The van der Waals surface area contributed by atoms with Crippen LogP contribution in [0.25, 0.3) is 10.8 Å². The van der Waals surface area contributed by atoms with Crippen LogP contribution in [0.1, 0.15) is 65.3 Å². The van der Waals surface area contributed by atoms with E-state index in [1.54, 1.807) is 18.2 Å². The molecule has 0 saturated carbocycles. The molecule has 0 heterocycles. The van der Waals surface area contributed by atoms with Crippen molar-refractivity contribution in [2.24, 2.45) is 0 Å². The van der Waals surface area contributed by atoms with E-state index in [1.165, 1.54) is 26.3 Å². The smallest absolute Gasteiger partial charge is 0.277 e. The molecule has 2 rings (SSSR count). The quantitative estimate of drug-likeness (QED) is 0.279. The molecule has 0 saturated heterocycles. The highest BCUT2D eigenvalue weighted by molar-refractivity contribution is 6.13. The first-order valence-electron chi connectivity index (χ1n) is 8.56. The highest BCUT2D eigenvalue weighted by Gasteiger charge is 2.16. The van der Waals surface area contributed by atoms with Crippen LogP contribution in [0.5, 0.6) is 0 Å². The van der Waals surface area contributed by atoms with E-state index < -0.39 is 5.91 Å². The second-order valence-corrected chi connectivity index (χ2v) is 5.99. The van der Waals surface area contributed by atoms with Crippen LogP contribution < -0.4 is 0 Å². The summed E-state index contributed by atoms with van der Waals surface area (Å²) in [4.78, 5) is 23.6. The molecule has 1 N–H and O–H groups in total. The predicted molar refractivity (Wildman–Crippen MR) is 98.9 cm³/mol. The lowest BCUT2D eigenvalue weighted by Crippen LogP contribution is -2.22. The van der Waals surface area contributed by atoms with Crippen molar-refractivity contribution in [3.63, 3.8) is 0 Å². The lowest BCUT2D eigenvalue weighted by Gasteiger charge is -2.13. The molecular weight excluding hydrogens is 314 g/mol. The van der Waals surface area contributed by atoms with Crippen LogP contribution in [0, 0.1) is 11.8 Å². The number of hydroxylamine groups is 2. The van der Waals surface area contributed by atoms with E-state index in [-0.39, 0.29) is 5.56 Å². The van der Waals surface area contributed by atoms with Crippen molar-refractivity contribution in [2.45, 2.75) is 39.0 Å². The Balaban J connectivity index is 2.44. The molecule has 0 spiro atoms. The van der Waals surface area contributed by atoms with E-state index in [4.69, 9.17) is 0 Å². The summed E-state index contributed by atoms with van der Waals surface area (Å²) in [5.74, 6) is 5.78. The van der Waals surface area contributed by atoms with Gasteiger partial charge in [-0.15, -0.1) is 0 Å². The number of carbonyl (C=O) groups excluding carboxylic acids is 2. The van der Waals surface area contributed by atoms with Crippen LogP contribution >= 0.6 is 0 Å². The summed E-state index contributed by atoms with van der Waals surface area (Å²) < 4.78 is 0. The zero-order valence-electron chi connectivity index (χ0n) is 14.7. The lowest BCUT2D eigenvalue weighted by molar-refractivity contribution is -0.0373. The highest BCUT2D eigenvalue weighted by atomic mass is 16.5. The maximum absolute atomic E-state index is 12.2. The third-order valence-corrected chi connectivity index (χ3v) is 4.10. The Morgan fingerprint density at radius 1 is 1.20 bits per heavy atom. The maximum atomic E-state index is 12.2. The summed E-state index contributed by atoms with van der Waals surface area (Å²) in [5, 5.41) is 11.3. The molecular formula is C21H23NO3. The van der Waals surface area contributed by atoms with Crippen LogP contribution in [0.4, 0.5) is 0 Å². The first-order valence-corrected chi connectivity index (χ1v) is 8.56. The number of fused-ring (bicyclic) bond motifs is 1. The Morgan fingerprint density at radius 2 is 2.00 bits per heavy atom. The number of rotatable bonds is 6. The molecule has 0 aromatic heterocycles. The number of aldehydes is 1. The third-order valence-electron chi connectivity index (χ3n) is 4.10.